The molecule has 2 aliphatic rings. The lowest BCUT2D eigenvalue weighted by molar-refractivity contribution is -0.170. The van der Waals surface area contributed by atoms with Gasteiger partial charge < -0.3 is 14.6 Å². The third-order valence-corrected chi connectivity index (χ3v) is 3.56. The first-order valence-corrected chi connectivity index (χ1v) is 6.27. The number of hydrogen-bond acceptors (Lipinski definition) is 4. The minimum Gasteiger partial charge on any atom is -0.480 e. The number of rotatable bonds is 4. The van der Waals surface area contributed by atoms with Crippen LogP contribution in [0.1, 0.15) is 26.2 Å². The molecule has 2 saturated heterocycles. The number of carboxylic acids is 1. The first kappa shape index (κ1) is 12.8. The van der Waals surface area contributed by atoms with Crippen molar-refractivity contribution in [3.05, 3.63) is 0 Å². The van der Waals surface area contributed by atoms with Crippen LogP contribution in [0, 0.1) is 0 Å². The SMILES string of the molecule is CC1(OCC(=O)O)CN(C2CCCOCC2)C1. The number of aliphatic carboxylic acids is 1. The molecule has 0 amide bonds. The van der Waals surface area contributed by atoms with Crippen LogP contribution in [0.5, 0.6) is 0 Å². The fourth-order valence-corrected chi connectivity index (χ4v) is 2.65. The van der Waals surface area contributed by atoms with Gasteiger partial charge in [0.1, 0.15) is 6.61 Å². The molecule has 1 unspecified atom stereocenters. The Morgan fingerprint density at radius 1 is 1.47 bits per heavy atom. The second-order valence-electron chi connectivity index (χ2n) is 5.23. The summed E-state index contributed by atoms with van der Waals surface area (Å²) in [5, 5.41) is 8.59. The molecule has 0 aromatic carbocycles. The van der Waals surface area contributed by atoms with E-state index in [0.717, 1.165) is 39.1 Å². The number of ether oxygens (including phenoxy) is 2. The van der Waals surface area contributed by atoms with Gasteiger partial charge in [-0.05, 0) is 26.2 Å². The molecule has 5 heteroatoms. The van der Waals surface area contributed by atoms with Gasteiger partial charge in [0.05, 0.1) is 5.60 Å². The van der Waals surface area contributed by atoms with Gasteiger partial charge in [0, 0.05) is 32.3 Å². The molecule has 0 saturated carbocycles. The molecule has 0 bridgehead atoms. The fraction of sp³-hybridized carbons (Fsp3) is 0.917. The van der Waals surface area contributed by atoms with Gasteiger partial charge in [0.2, 0.25) is 0 Å². The quantitative estimate of drug-likeness (QED) is 0.789. The van der Waals surface area contributed by atoms with E-state index in [-0.39, 0.29) is 12.2 Å². The Balaban J connectivity index is 1.74. The van der Waals surface area contributed by atoms with E-state index in [1.54, 1.807) is 0 Å². The average molecular weight is 243 g/mol. The van der Waals surface area contributed by atoms with Crippen LogP contribution in [0.25, 0.3) is 0 Å². The molecule has 0 spiro atoms. The Hall–Kier alpha value is -0.650. The molecule has 2 fully saturated rings. The highest BCUT2D eigenvalue weighted by Crippen LogP contribution is 2.30. The van der Waals surface area contributed by atoms with Gasteiger partial charge in [0.25, 0.3) is 0 Å². The summed E-state index contributed by atoms with van der Waals surface area (Å²) in [4.78, 5) is 12.8. The minimum absolute atomic E-state index is 0.196. The number of hydrogen-bond donors (Lipinski definition) is 1. The molecular formula is C12H21NO4. The van der Waals surface area contributed by atoms with Crippen molar-refractivity contribution >= 4 is 5.97 Å². The average Bonchev–Trinajstić information content (AvgIpc) is 2.50. The van der Waals surface area contributed by atoms with Crippen molar-refractivity contribution in [3.8, 4) is 0 Å². The molecule has 1 atom stereocenters. The van der Waals surface area contributed by atoms with Crippen LogP contribution in [-0.4, -0.2) is 60.5 Å². The number of likely N-dealkylation sites (tertiary alicyclic amines) is 1. The molecule has 2 heterocycles. The highest BCUT2D eigenvalue weighted by molar-refractivity contribution is 5.68. The van der Waals surface area contributed by atoms with Crippen molar-refractivity contribution in [1.29, 1.82) is 0 Å². The molecule has 0 aromatic rings. The van der Waals surface area contributed by atoms with Crippen molar-refractivity contribution in [3.63, 3.8) is 0 Å². The zero-order valence-electron chi connectivity index (χ0n) is 10.4. The standard InChI is InChI=1S/C12H21NO4/c1-12(17-7-11(14)15)8-13(9-12)10-3-2-5-16-6-4-10/h10H,2-9H2,1H3,(H,14,15). The van der Waals surface area contributed by atoms with Crippen LogP contribution in [0.4, 0.5) is 0 Å². The van der Waals surface area contributed by atoms with Crippen molar-refractivity contribution in [2.24, 2.45) is 0 Å². The second-order valence-corrected chi connectivity index (χ2v) is 5.23. The molecule has 1 N–H and O–H groups in total. The van der Waals surface area contributed by atoms with E-state index in [1.165, 1.54) is 6.42 Å². The Bertz CT molecular complexity index is 268. The molecule has 98 valence electrons. The first-order chi connectivity index (χ1) is 8.09. The minimum atomic E-state index is -0.896. The summed E-state index contributed by atoms with van der Waals surface area (Å²) in [5.74, 6) is -0.896. The molecule has 17 heavy (non-hydrogen) atoms. The van der Waals surface area contributed by atoms with Gasteiger partial charge in [-0.3, -0.25) is 4.90 Å². The van der Waals surface area contributed by atoms with Gasteiger partial charge in [-0.1, -0.05) is 0 Å². The summed E-state index contributed by atoms with van der Waals surface area (Å²) in [6.45, 7) is 5.18. The van der Waals surface area contributed by atoms with Gasteiger partial charge in [-0.15, -0.1) is 0 Å². The number of carbonyl (C=O) groups is 1. The van der Waals surface area contributed by atoms with Crippen LogP contribution in [0.15, 0.2) is 0 Å². The van der Waals surface area contributed by atoms with Gasteiger partial charge >= 0.3 is 5.97 Å². The summed E-state index contributed by atoms with van der Waals surface area (Å²) in [7, 11) is 0. The van der Waals surface area contributed by atoms with Crippen LogP contribution in [0.3, 0.4) is 0 Å². The summed E-state index contributed by atoms with van der Waals surface area (Å²) in [6.07, 6.45) is 3.37. The molecular weight excluding hydrogens is 222 g/mol. The molecule has 2 aliphatic heterocycles. The van der Waals surface area contributed by atoms with Crippen molar-refractivity contribution in [2.75, 3.05) is 32.9 Å². The summed E-state index contributed by atoms with van der Waals surface area (Å²) < 4.78 is 10.8. The molecule has 0 aliphatic carbocycles. The zero-order valence-corrected chi connectivity index (χ0v) is 10.4. The molecule has 5 nitrogen and oxygen atoms in total. The zero-order chi connectivity index (χ0) is 12.3. The van der Waals surface area contributed by atoms with E-state index in [1.807, 2.05) is 6.92 Å². The van der Waals surface area contributed by atoms with Gasteiger partial charge in [0.15, 0.2) is 0 Å². The van der Waals surface area contributed by atoms with E-state index in [2.05, 4.69) is 4.90 Å². The fourth-order valence-electron chi connectivity index (χ4n) is 2.65. The van der Waals surface area contributed by atoms with Crippen molar-refractivity contribution in [2.45, 2.75) is 37.8 Å². The second kappa shape index (κ2) is 5.33. The maximum absolute atomic E-state index is 10.5. The van der Waals surface area contributed by atoms with Crippen molar-refractivity contribution < 1.29 is 19.4 Å². The van der Waals surface area contributed by atoms with Gasteiger partial charge in [-0.2, -0.15) is 0 Å². The summed E-state index contributed by atoms with van der Waals surface area (Å²) in [6, 6.07) is 0.582. The Morgan fingerprint density at radius 2 is 2.24 bits per heavy atom. The highest BCUT2D eigenvalue weighted by atomic mass is 16.5. The Morgan fingerprint density at radius 3 is 2.94 bits per heavy atom. The van der Waals surface area contributed by atoms with E-state index >= 15 is 0 Å². The van der Waals surface area contributed by atoms with Crippen LogP contribution in [0.2, 0.25) is 0 Å². The monoisotopic (exact) mass is 243 g/mol. The largest absolute Gasteiger partial charge is 0.480 e. The van der Waals surface area contributed by atoms with E-state index in [4.69, 9.17) is 14.6 Å². The lowest BCUT2D eigenvalue weighted by Crippen LogP contribution is -2.64. The smallest absolute Gasteiger partial charge is 0.329 e. The molecule has 2 rings (SSSR count). The topological polar surface area (TPSA) is 59.0 Å². The number of carboxylic acid groups (broad SMARTS) is 1. The van der Waals surface area contributed by atoms with E-state index in [9.17, 15) is 4.79 Å². The first-order valence-electron chi connectivity index (χ1n) is 6.27. The Kier molecular flexibility index (Phi) is 4.01. The number of nitrogens with zero attached hydrogens (tertiary/aromatic N) is 1. The predicted molar refractivity (Wildman–Crippen MR) is 62.0 cm³/mol. The van der Waals surface area contributed by atoms with Crippen molar-refractivity contribution in [1.82, 2.24) is 4.90 Å². The summed E-state index contributed by atoms with van der Waals surface area (Å²) >= 11 is 0. The van der Waals surface area contributed by atoms with Crippen LogP contribution < -0.4 is 0 Å². The molecule has 0 aromatic heterocycles. The van der Waals surface area contributed by atoms with Gasteiger partial charge in [-0.25, -0.2) is 4.79 Å². The third-order valence-electron chi connectivity index (χ3n) is 3.56. The van der Waals surface area contributed by atoms with E-state index < -0.39 is 5.97 Å². The highest BCUT2D eigenvalue weighted by Gasteiger charge is 2.43. The maximum atomic E-state index is 10.5. The van der Waals surface area contributed by atoms with E-state index in [0.29, 0.717) is 6.04 Å². The predicted octanol–water partition coefficient (Wildman–Crippen LogP) is 0.731. The summed E-state index contributed by atoms with van der Waals surface area (Å²) in [5.41, 5.74) is -0.272. The lowest BCUT2D eigenvalue weighted by atomic mass is 9.92. The molecule has 0 radical (unpaired) electrons. The third kappa shape index (κ3) is 3.40. The normalized spacial score (nSPS) is 29.4. The Labute approximate surface area is 102 Å². The lowest BCUT2D eigenvalue weighted by Gasteiger charge is -2.50. The van der Waals surface area contributed by atoms with Crippen LogP contribution in [-0.2, 0) is 14.3 Å². The van der Waals surface area contributed by atoms with Crippen LogP contribution >= 0.6 is 0 Å². The maximum Gasteiger partial charge on any atom is 0.329 e.